The van der Waals surface area contributed by atoms with E-state index < -0.39 is 18.1 Å². The number of ether oxygens (including phenoxy) is 3. The summed E-state index contributed by atoms with van der Waals surface area (Å²) in [4.78, 5) is 37.1. The van der Waals surface area contributed by atoms with E-state index in [0.717, 1.165) is 83.5 Å². The molecule has 0 aromatic rings. The number of allylic oxidation sites excluding steroid dienone is 10. The maximum atomic E-state index is 12.8. The van der Waals surface area contributed by atoms with Crippen molar-refractivity contribution < 1.29 is 38.2 Å². The van der Waals surface area contributed by atoms with Gasteiger partial charge in [-0.05, 0) is 57.8 Å². The van der Waals surface area contributed by atoms with Gasteiger partial charge in [-0.1, -0.05) is 209 Å². The minimum absolute atomic E-state index is 0.0347. The summed E-state index contributed by atoms with van der Waals surface area (Å²) in [5.74, 6) is -1.75. The summed E-state index contributed by atoms with van der Waals surface area (Å²) in [5, 5.41) is 11.7. The lowest BCUT2D eigenvalue weighted by Crippen LogP contribution is -2.55. The van der Waals surface area contributed by atoms with Crippen LogP contribution in [0.1, 0.15) is 226 Å². The monoisotopic (exact) mass is 898 g/mol. The van der Waals surface area contributed by atoms with Gasteiger partial charge in [0.2, 0.25) is 0 Å². The van der Waals surface area contributed by atoms with Gasteiger partial charge in [0.05, 0.1) is 40.3 Å². The second kappa shape index (κ2) is 46.6. The van der Waals surface area contributed by atoms with Crippen LogP contribution < -0.4 is 5.11 Å². The van der Waals surface area contributed by atoms with Crippen LogP contribution in [0.2, 0.25) is 0 Å². The van der Waals surface area contributed by atoms with E-state index in [9.17, 15) is 19.5 Å². The molecule has 0 aromatic heterocycles. The third-order valence-corrected chi connectivity index (χ3v) is 11.7. The molecule has 8 heteroatoms. The van der Waals surface area contributed by atoms with Crippen molar-refractivity contribution in [2.24, 2.45) is 0 Å². The van der Waals surface area contributed by atoms with Crippen LogP contribution in [0.4, 0.5) is 0 Å². The fourth-order valence-electron chi connectivity index (χ4n) is 7.63. The van der Waals surface area contributed by atoms with Crippen LogP contribution in [0, 0.1) is 0 Å². The third kappa shape index (κ3) is 44.2. The number of aliphatic carboxylic acids is 1. The molecule has 0 heterocycles. The Bertz CT molecular complexity index is 1230. The number of carboxylic acids is 1. The second-order valence-electron chi connectivity index (χ2n) is 18.7. The van der Waals surface area contributed by atoms with Crippen molar-refractivity contribution in [2.75, 3.05) is 41.0 Å². The summed E-state index contributed by atoms with van der Waals surface area (Å²) in [6.07, 6.45) is 58.2. The number of likely N-dealkylation sites (N-methyl/N-ethyl adjacent to an activating group) is 1. The Balaban J connectivity index is 4.26. The van der Waals surface area contributed by atoms with Gasteiger partial charge in [-0.3, -0.25) is 9.59 Å². The Morgan fingerprint density at radius 1 is 0.484 bits per heavy atom. The number of carboxylic acid groups (broad SMARTS) is 1. The molecule has 8 nitrogen and oxygen atoms in total. The van der Waals surface area contributed by atoms with Gasteiger partial charge >= 0.3 is 11.9 Å². The number of nitrogens with zero attached hydrogens (tertiary/aromatic N) is 1. The zero-order valence-corrected chi connectivity index (χ0v) is 42.2. The number of esters is 2. The minimum Gasteiger partial charge on any atom is -0.544 e. The number of carbonyl (C=O) groups is 3. The molecule has 0 fully saturated rings. The van der Waals surface area contributed by atoms with Gasteiger partial charge in [0, 0.05) is 19.3 Å². The van der Waals surface area contributed by atoms with Crippen LogP contribution in [-0.2, 0) is 28.6 Å². The fourth-order valence-corrected chi connectivity index (χ4v) is 7.63. The Hall–Kier alpha value is -2.97. The summed E-state index contributed by atoms with van der Waals surface area (Å²) >= 11 is 0. The normalized spacial score (nSPS) is 13.3. The molecule has 0 aliphatic rings. The lowest BCUT2D eigenvalue weighted by molar-refractivity contribution is -0.889. The molecule has 370 valence electrons. The van der Waals surface area contributed by atoms with Crippen molar-refractivity contribution >= 4 is 17.9 Å². The van der Waals surface area contributed by atoms with Crippen molar-refractivity contribution in [2.45, 2.75) is 238 Å². The van der Waals surface area contributed by atoms with Gasteiger partial charge in [0.1, 0.15) is 12.6 Å². The Kier molecular flexibility index (Phi) is 44.4. The maximum Gasteiger partial charge on any atom is 0.306 e. The molecule has 0 saturated carbocycles. The number of hydrogen-bond acceptors (Lipinski definition) is 7. The van der Waals surface area contributed by atoms with Crippen molar-refractivity contribution in [1.82, 2.24) is 0 Å². The van der Waals surface area contributed by atoms with Crippen LogP contribution >= 0.6 is 0 Å². The highest BCUT2D eigenvalue weighted by Gasteiger charge is 2.25. The van der Waals surface area contributed by atoms with Gasteiger partial charge in [0.25, 0.3) is 0 Å². The van der Waals surface area contributed by atoms with E-state index in [-0.39, 0.29) is 42.7 Å². The predicted molar refractivity (Wildman–Crippen MR) is 268 cm³/mol. The molecule has 0 amide bonds. The Morgan fingerprint density at radius 3 is 1.30 bits per heavy atom. The molecule has 64 heavy (non-hydrogen) atoms. The number of quaternary nitrogens is 1. The van der Waals surface area contributed by atoms with E-state index in [1.807, 2.05) is 0 Å². The summed E-state index contributed by atoms with van der Waals surface area (Å²) in [6.45, 7) is 4.56. The van der Waals surface area contributed by atoms with Crippen LogP contribution in [0.5, 0.6) is 0 Å². The van der Waals surface area contributed by atoms with Crippen LogP contribution in [0.3, 0.4) is 0 Å². The average Bonchev–Trinajstić information content (AvgIpc) is 3.26. The van der Waals surface area contributed by atoms with Crippen molar-refractivity contribution in [3.05, 3.63) is 60.8 Å². The summed E-state index contributed by atoms with van der Waals surface area (Å²) in [7, 11) is 5.41. The van der Waals surface area contributed by atoms with E-state index in [1.54, 1.807) is 21.1 Å². The van der Waals surface area contributed by atoms with Gasteiger partial charge in [-0.2, -0.15) is 0 Å². The zero-order valence-electron chi connectivity index (χ0n) is 42.2. The fraction of sp³-hybridized carbons (Fsp3) is 0.768. The molecule has 0 saturated heterocycles. The standard InChI is InChI=1S/C56H99NO7/c1-6-8-10-12-14-16-18-20-22-24-26-27-28-29-31-33-35-37-39-41-43-45-47-55(59)64-52(50-62-49-48-53(56(60)61)57(3,4)5)51-63-54(58)46-44-42-40-38-36-34-32-30-25-23-21-19-17-15-13-11-9-7-2/h8,10,14,16,20,22,26-27,29,31,52-53H,6-7,9,11-13,15,17-19,21,23-25,28,30,32-51H2,1-5H3/b10-8+,16-14+,22-20+,27-26+,31-29+. The quantitative estimate of drug-likeness (QED) is 0.0259. The van der Waals surface area contributed by atoms with Gasteiger partial charge in [0.15, 0.2) is 6.10 Å². The maximum absolute atomic E-state index is 12.8. The number of unbranched alkanes of at least 4 members (excludes halogenated alkanes) is 23. The van der Waals surface area contributed by atoms with Gasteiger partial charge in [-0.15, -0.1) is 0 Å². The molecule has 2 atom stereocenters. The predicted octanol–water partition coefficient (Wildman–Crippen LogP) is 14.0. The van der Waals surface area contributed by atoms with Gasteiger partial charge < -0.3 is 28.6 Å². The van der Waals surface area contributed by atoms with Crippen LogP contribution in [0.25, 0.3) is 0 Å². The minimum atomic E-state index is -1.13. The first-order chi connectivity index (χ1) is 31.1. The number of carbonyl (C=O) groups excluding carboxylic acids is 3. The first kappa shape index (κ1) is 61.0. The summed E-state index contributed by atoms with van der Waals surface area (Å²) < 4.78 is 17.3. The van der Waals surface area contributed by atoms with Crippen molar-refractivity contribution in [3.63, 3.8) is 0 Å². The van der Waals surface area contributed by atoms with Crippen molar-refractivity contribution in [1.29, 1.82) is 0 Å². The second-order valence-corrected chi connectivity index (χ2v) is 18.7. The lowest BCUT2D eigenvalue weighted by atomic mass is 10.0. The Morgan fingerprint density at radius 2 is 0.875 bits per heavy atom. The molecule has 0 aromatic carbocycles. The SMILES string of the molecule is CC/C=C/C/C=C/C/C=C/C/C=C/C/C=C/CCCCCCCCC(=O)OC(COCCC(C(=O)[O-])[N+](C)(C)C)COC(=O)CCCCCCCCCCCCCCCCCCCC. The molecule has 0 spiro atoms. The molecule has 0 radical (unpaired) electrons. The first-order valence-electron chi connectivity index (χ1n) is 26.3. The molecule has 2 unspecified atom stereocenters. The van der Waals surface area contributed by atoms with E-state index in [0.29, 0.717) is 12.8 Å². The smallest absolute Gasteiger partial charge is 0.306 e. The summed E-state index contributed by atoms with van der Waals surface area (Å²) in [6, 6.07) is -0.730. The van der Waals surface area contributed by atoms with Gasteiger partial charge in [-0.25, -0.2) is 0 Å². The largest absolute Gasteiger partial charge is 0.544 e. The molecule has 0 aliphatic heterocycles. The highest BCUT2D eigenvalue weighted by Crippen LogP contribution is 2.16. The molecular formula is C56H99NO7. The third-order valence-electron chi connectivity index (χ3n) is 11.7. The molecule has 0 N–H and O–H groups in total. The van der Waals surface area contributed by atoms with Crippen LogP contribution in [0.15, 0.2) is 60.8 Å². The zero-order chi connectivity index (χ0) is 47.0. The topological polar surface area (TPSA) is 102 Å². The number of hydrogen-bond donors (Lipinski definition) is 0. The average molecular weight is 898 g/mol. The molecule has 0 rings (SSSR count). The highest BCUT2D eigenvalue weighted by molar-refractivity contribution is 5.70. The van der Waals surface area contributed by atoms with E-state index in [2.05, 4.69) is 74.6 Å². The van der Waals surface area contributed by atoms with Crippen LogP contribution in [-0.4, -0.2) is 75.5 Å². The Labute approximate surface area is 394 Å². The molecular weight excluding hydrogens is 799 g/mol. The number of rotatable bonds is 47. The highest BCUT2D eigenvalue weighted by atomic mass is 16.6. The van der Waals surface area contributed by atoms with E-state index in [1.165, 1.54) is 109 Å². The summed E-state index contributed by atoms with van der Waals surface area (Å²) in [5.41, 5.74) is 0. The van der Waals surface area contributed by atoms with Crippen molar-refractivity contribution in [3.8, 4) is 0 Å². The molecule has 0 aliphatic carbocycles. The molecule has 0 bridgehead atoms. The van der Waals surface area contributed by atoms with E-state index in [4.69, 9.17) is 14.2 Å². The van der Waals surface area contributed by atoms with E-state index >= 15 is 0 Å². The first-order valence-corrected chi connectivity index (χ1v) is 26.3. The lowest BCUT2D eigenvalue weighted by Gasteiger charge is -2.34.